The Labute approximate surface area is 200 Å². The highest BCUT2D eigenvalue weighted by molar-refractivity contribution is 5.95. The van der Waals surface area contributed by atoms with Crippen molar-refractivity contribution in [2.45, 2.75) is 31.0 Å². The molecule has 35 heavy (non-hydrogen) atoms. The van der Waals surface area contributed by atoms with Gasteiger partial charge in [0.15, 0.2) is 6.10 Å². The van der Waals surface area contributed by atoms with Crippen LogP contribution in [0.3, 0.4) is 0 Å². The summed E-state index contributed by atoms with van der Waals surface area (Å²) in [6, 6.07) is 15.6. The number of carboxylic acids is 1. The maximum absolute atomic E-state index is 12.7. The molecule has 3 aromatic rings. The van der Waals surface area contributed by atoms with Crippen LogP contribution in [0.15, 0.2) is 60.9 Å². The lowest BCUT2D eigenvalue weighted by atomic mass is 9.98. The van der Waals surface area contributed by atoms with Crippen molar-refractivity contribution in [2.24, 2.45) is 0 Å². The van der Waals surface area contributed by atoms with Gasteiger partial charge in [0.1, 0.15) is 13.2 Å². The van der Waals surface area contributed by atoms with Gasteiger partial charge < -0.3 is 25.2 Å². The molecule has 1 aromatic heterocycles. The average molecular weight is 476 g/mol. The molecule has 2 heterocycles. The topological polar surface area (TPSA) is 132 Å². The van der Waals surface area contributed by atoms with Crippen molar-refractivity contribution < 1.29 is 29.0 Å². The van der Waals surface area contributed by atoms with Crippen molar-refractivity contribution in [2.75, 3.05) is 18.5 Å². The second kappa shape index (κ2) is 9.59. The third-order valence-electron chi connectivity index (χ3n) is 6.20. The second-order valence-corrected chi connectivity index (χ2v) is 8.47. The quantitative estimate of drug-likeness (QED) is 0.478. The van der Waals surface area contributed by atoms with Crippen LogP contribution >= 0.6 is 0 Å². The number of aliphatic carboxylic acids is 1. The van der Waals surface area contributed by atoms with Gasteiger partial charge >= 0.3 is 12.1 Å². The number of anilines is 1. The van der Waals surface area contributed by atoms with E-state index in [0.29, 0.717) is 18.7 Å². The van der Waals surface area contributed by atoms with Gasteiger partial charge in [-0.2, -0.15) is 5.10 Å². The first-order chi connectivity index (χ1) is 17.0. The highest BCUT2D eigenvalue weighted by Crippen LogP contribution is 2.44. The molecule has 0 radical (unpaired) electrons. The molecule has 1 aliphatic heterocycles. The Hall–Kier alpha value is -4.18. The van der Waals surface area contributed by atoms with Gasteiger partial charge in [-0.25, -0.2) is 4.79 Å². The molecule has 3 N–H and O–H groups in total. The Morgan fingerprint density at radius 3 is 2.46 bits per heavy atom. The van der Waals surface area contributed by atoms with Gasteiger partial charge in [0.2, 0.25) is 0 Å². The summed E-state index contributed by atoms with van der Waals surface area (Å²) >= 11 is 0. The van der Waals surface area contributed by atoms with E-state index in [2.05, 4.69) is 27.9 Å². The lowest BCUT2D eigenvalue weighted by Crippen LogP contribution is -2.46. The number of carboxylic acid groups (broad SMARTS) is 1. The smallest absolute Gasteiger partial charge is 0.407 e. The molecule has 180 valence electrons. The first-order valence-electron chi connectivity index (χ1n) is 11.3. The molecule has 10 heteroatoms. The molecule has 0 spiro atoms. The van der Waals surface area contributed by atoms with E-state index in [1.54, 1.807) is 0 Å². The molecule has 0 saturated carbocycles. The molecule has 2 aliphatic rings. The summed E-state index contributed by atoms with van der Waals surface area (Å²) in [4.78, 5) is 36.1. The largest absolute Gasteiger partial charge is 0.480 e. The van der Waals surface area contributed by atoms with Crippen LogP contribution in [0, 0.1) is 0 Å². The SMILES string of the molecule is O=C(O)Cn1cc(NC(=O)C2OCCC2NC(=O)OCC2c3ccccc3-c3ccccc32)cn1. The number of ether oxygens (including phenoxy) is 2. The summed E-state index contributed by atoms with van der Waals surface area (Å²) in [5.41, 5.74) is 4.86. The van der Waals surface area contributed by atoms with Gasteiger partial charge in [-0.3, -0.25) is 14.3 Å². The molecule has 1 fully saturated rings. The number of alkyl carbamates (subject to hydrolysis) is 1. The number of carbonyl (C=O) groups excluding carboxylic acids is 2. The Morgan fingerprint density at radius 1 is 1.09 bits per heavy atom. The van der Waals surface area contributed by atoms with Crippen molar-refractivity contribution in [3.8, 4) is 11.1 Å². The minimum atomic E-state index is -1.04. The first-order valence-corrected chi connectivity index (χ1v) is 11.3. The normalized spacial score (nSPS) is 18.5. The van der Waals surface area contributed by atoms with Crippen molar-refractivity contribution in [1.29, 1.82) is 0 Å². The summed E-state index contributed by atoms with van der Waals surface area (Å²) in [5.74, 6) is -1.56. The number of hydrogen-bond acceptors (Lipinski definition) is 6. The molecule has 2 aromatic carbocycles. The number of aromatic nitrogens is 2. The number of hydrogen-bond donors (Lipinski definition) is 3. The zero-order valence-electron chi connectivity index (χ0n) is 18.7. The summed E-state index contributed by atoms with van der Waals surface area (Å²) in [5, 5.41) is 18.1. The van der Waals surface area contributed by atoms with Crippen LogP contribution in [0.1, 0.15) is 23.5 Å². The lowest BCUT2D eigenvalue weighted by Gasteiger charge is -2.20. The van der Waals surface area contributed by atoms with Gasteiger partial charge in [-0.05, 0) is 28.7 Å². The van der Waals surface area contributed by atoms with Gasteiger partial charge in [-0.1, -0.05) is 48.5 Å². The van der Waals surface area contributed by atoms with Gasteiger partial charge in [0.25, 0.3) is 5.91 Å². The predicted molar refractivity (Wildman–Crippen MR) is 125 cm³/mol. The first kappa shape index (κ1) is 22.6. The van der Waals surface area contributed by atoms with Crippen molar-refractivity contribution in [3.63, 3.8) is 0 Å². The molecule has 1 aliphatic carbocycles. The summed E-state index contributed by atoms with van der Waals surface area (Å²) in [6.45, 7) is 0.166. The van der Waals surface area contributed by atoms with Crippen LogP contribution in [0.4, 0.5) is 10.5 Å². The van der Waals surface area contributed by atoms with Crippen LogP contribution in [-0.2, 0) is 25.6 Å². The number of carbonyl (C=O) groups is 3. The molecular formula is C25H24N4O6. The molecule has 2 atom stereocenters. The van der Waals surface area contributed by atoms with Gasteiger partial charge in [-0.15, -0.1) is 0 Å². The lowest BCUT2D eigenvalue weighted by molar-refractivity contribution is -0.137. The molecule has 1 saturated heterocycles. The molecule has 0 bridgehead atoms. The van der Waals surface area contributed by atoms with E-state index in [1.165, 1.54) is 17.1 Å². The number of nitrogens with zero attached hydrogens (tertiary/aromatic N) is 2. The number of benzene rings is 2. The molecule has 5 rings (SSSR count). The van der Waals surface area contributed by atoms with E-state index in [9.17, 15) is 14.4 Å². The zero-order chi connectivity index (χ0) is 24.4. The highest BCUT2D eigenvalue weighted by Gasteiger charge is 2.36. The van der Waals surface area contributed by atoms with Crippen LogP contribution in [-0.4, -0.2) is 58.2 Å². The minimum Gasteiger partial charge on any atom is -0.480 e. The van der Waals surface area contributed by atoms with E-state index in [0.717, 1.165) is 22.3 Å². The fourth-order valence-electron chi connectivity index (χ4n) is 4.65. The van der Waals surface area contributed by atoms with E-state index < -0.39 is 30.1 Å². The number of rotatable bonds is 7. The Morgan fingerprint density at radius 2 is 1.77 bits per heavy atom. The van der Waals surface area contributed by atoms with Crippen molar-refractivity contribution in [1.82, 2.24) is 15.1 Å². The van der Waals surface area contributed by atoms with E-state index in [1.807, 2.05) is 36.4 Å². The molecule has 10 nitrogen and oxygen atoms in total. The van der Waals surface area contributed by atoms with E-state index in [4.69, 9.17) is 14.6 Å². The highest BCUT2D eigenvalue weighted by atomic mass is 16.6. The second-order valence-electron chi connectivity index (χ2n) is 8.47. The monoisotopic (exact) mass is 476 g/mol. The number of nitrogens with one attached hydrogen (secondary N) is 2. The van der Waals surface area contributed by atoms with Crippen LogP contribution < -0.4 is 10.6 Å². The third-order valence-corrected chi connectivity index (χ3v) is 6.20. The van der Waals surface area contributed by atoms with Gasteiger partial charge in [0.05, 0.1) is 17.9 Å². The predicted octanol–water partition coefficient (Wildman–Crippen LogP) is 2.60. The maximum Gasteiger partial charge on any atom is 0.407 e. The Balaban J connectivity index is 1.18. The van der Waals surface area contributed by atoms with Crippen LogP contribution in [0.5, 0.6) is 0 Å². The zero-order valence-corrected chi connectivity index (χ0v) is 18.7. The fourth-order valence-corrected chi connectivity index (χ4v) is 4.65. The summed E-state index contributed by atoms with van der Waals surface area (Å²) in [6.07, 6.45) is 1.70. The third kappa shape index (κ3) is 4.73. The minimum absolute atomic E-state index is 0.0607. The Kier molecular flexibility index (Phi) is 6.19. The Bertz CT molecular complexity index is 1230. The number of amides is 2. The van der Waals surface area contributed by atoms with E-state index >= 15 is 0 Å². The van der Waals surface area contributed by atoms with Crippen LogP contribution in [0.25, 0.3) is 11.1 Å². The summed E-state index contributed by atoms with van der Waals surface area (Å²) < 4.78 is 12.3. The standard InChI is InChI=1S/C25H24N4O6/c30-22(31)13-29-12-15(11-26-29)27-24(32)23-21(9-10-34-23)28-25(33)35-14-20-18-7-3-1-5-16(18)17-6-2-4-8-19(17)20/h1-8,11-12,20-21,23H,9-10,13-14H2,(H,27,32)(H,28,33)(H,30,31). The van der Waals surface area contributed by atoms with E-state index in [-0.39, 0.29) is 19.1 Å². The number of fused-ring (bicyclic) bond motifs is 3. The fraction of sp³-hybridized carbons (Fsp3) is 0.280. The average Bonchev–Trinajstić information content (AvgIpc) is 3.55. The van der Waals surface area contributed by atoms with Crippen LogP contribution in [0.2, 0.25) is 0 Å². The molecular weight excluding hydrogens is 452 g/mol. The molecule has 2 unspecified atom stereocenters. The van der Waals surface area contributed by atoms with Crippen molar-refractivity contribution in [3.05, 3.63) is 72.1 Å². The van der Waals surface area contributed by atoms with Gasteiger partial charge in [0, 0.05) is 18.7 Å². The molecule has 2 amide bonds. The maximum atomic E-state index is 12.7. The summed E-state index contributed by atoms with van der Waals surface area (Å²) in [7, 11) is 0. The van der Waals surface area contributed by atoms with Crippen molar-refractivity contribution >= 4 is 23.7 Å².